The van der Waals surface area contributed by atoms with Gasteiger partial charge in [-0.3, -0.25) is 9.97 Å². The van der Waals surface area contributed by atoms with Gasteiger partial charge in [0.2, 0.25) is 0 Å². The van der Waals surface area contributed by atoms with E-state index in [0.717, 1.165) is 50.1 Å². The molecule has 0 bridgehead atoms. The molecule has 0 amide bonds. The summed E-state index contributed by atoms with van der Waals surface area (Å²) in [6.07, 6.45) is 0. The van der Waals surface area contributed by atoms with Crippen LogP contribution in [0.4, 0.5) is 0 Å². The number of hydrogen-bond acceptors (Lipinski definition) is 2. The second-order valence-electron chi connectivity index (χ2n) is 5.84. The Balaban J connectivity index is 2.19. The normalized spacial score (nSPS) is 10.8. The summed E-state index contributed by atoms with van der Waals surface area (Å²) in [6, 6.07) is 14.3. The van der Waals surface area contributed by atoms with Crippen LogP contribution >= 0.6 is 11.6 Å². The first-order valence-electron chi connectivity index (χ1n) is 7.65. The highest BCUT2D eigenvalue weighted by Crippen LogP contribution is 2.38. The lowest BCUT2D eigenvalue weighted by Crippen LogP contribution is -1.94. The van der Waals surface area contributed by atoms with Gasteiger partial charge in [0.05, 0.1) is 5.02 Å². The number of hydrogen-bond donors (Lipinski definition) is 0. The molecule has 2 nitrogen and oxygen atoms in total. The molecular weight excluding hydrogens is 304 g/mol. The summed E-state index contributed by atoms with van der Waals surface area (Å²) in [5.41, 5.74) is 8.16. The lowest BCUT2D eigenvalue weighted by atomic mass is 9.97. The lowest BCUT2D eigenvalue weighted by molar-refractivity contribution is 1.12. The van der Waals surface area contributed by atoms with Crippen molar-refractivity contribution in [1.29, 1.82) is 0 Å². The van der Waals surface area contributed by atoms with E-state index in [1.165, 1.54) is 0 Å². The van der Waals surface area contributed by atoms with E-state index in [4.69, 9.17) is 11.6 Å². The summed E-state index contributed by atoms with van der Waals surface area (Å²) in [7, 11) is 0. The number of aromatic nitrogens is 2. The van der Waals surface area contributed by atoms with Crippen LogP contribution in [-0.4, -0.2) is 9.97 Å². The Bertz CT molecular complexity index is 815. The third kappa shape index (κ3) is 2.99. The first-order chi connectivity index (χ1) is 11.0. The minimum absolute atomic E-state index is 0.745. The Morgan fingerprint density at radius 2 is 1.04 bits per heavy atom. The lowest BCUT2D eigenvalue weighted by Gasteiger charge is -2.13. The number of halogens is 1. The van der Waals surface area contributed by atoms with Crippen LogP contribution in [0.25, 0.3) is 22.3 Å². The predicted octanol–water partition coefficient (Wildman–Crippen LogP) is 5.70. The van der Waals surface area contributed by atoms with Gasteiger partial charge in [0.15, 0.2) is 0 Å². The molecule has 0 aliphatic rings. The fourth-order valence-electron chi connectivity index (χ4n) is 2.89. The van der Waals surface area contributed by atoms with Crippen molar-refractivity contribution < 1.29 is 0 Å². The summed E-state index contributed by atoms with van der Waals surface area (Å²) in [5, 5.41) is 0.745. The van der Waals surface area contributed by atoms with Crippen molar-refractivity contribution in [2.75, 3.05) is 0 Å². The van der Waals surface area contributed by atoms with Gasteiger partial charge in [-0.05, 0) is 39.8 Å². The van der Waals surface area contributed by atoms with Crippen molar-refractivity contribution in [2.45, 2.75) is 27.7 Å². The summed E-state index contributed by atoms with van der Waals surface area (Å²) in [5.74, 6) is 0. The molecule has 0 N–H and O–H groups in total. The van der Waals surface area contributed by atoms with Crippen LogP contribution in [0.15, 0.2) is 42.5 Å². The molecule has 0 aliphatic heterocycles. The number of pyridine rings is 2. The smallest absolute Gasteiger partial charge is 0.0564 e. The topological polar surface area (TPSA) is 25.8 Å². The van der Waals surface area contributed by atoms with Crippen molar-refractivity contribution in [3.8, 4) is 22.3 Å². The van der Waals surface area contributed by atoms with Gasteiger partial charge in [0, 0.05) is 45.0 Å². The highest BCUT2D eigenvalue weighted by atomic mass is 35.5. The minimum Gasteiger partial charge on any atom is -0.258 e. The standard InChI is InChI=1S/C20H19ClN2/c1-12-8-10-16(14(3)22-12)18-6-5-7-19(20(18)21)17-11-9-13(2)23-15(17)4/h5-11H,1-4H3. The largest absolute Gasteiger partial charge is 0.258 e. The number of nitrogens with zero attached hydrogens (tertiary/aromatic N) is 2. The van der Waals surface area contributed by atoms with E-state index in [0.29, 0.717) is 0 Å². The van der Waals surface area contributed by atoms with Crippen molar-refractivity contribution in [3.05, 3.63) is 70.3 Å². The van der Waals surface area contributed by atoms with Gasteiger partial charge < -0.3 is 0 Å². The molecule has 23 heavy (non-hydrogen) atoms. The van der Waals surface area contributed by atoms with Gasteiger partial charge in [0.25, 0.3) is 0 Å². The highest BCUT2D eigenvalue weighted by Gasteiger charge is 2.14. The van der Waals surface area contributed by atoms with Crippen molar-refractivity contribution in [1.82, 2.24) is 9.97 Å². The molecule has 0 atom stereocenters. The molecule has 0 aliphatic carbocycles. The van der Waals surface area contributed by atoms with Gasteiger partial charge in [0.1, 0.15) is 0 Å². The van der Waals surface area contributed by atoms with E-state index < -0.39 is 0 Å². The van der Waals surface area contributed by atoms with Gasteiger partial charge in [-0.1, -0.05) is 41.9 Å². The van der Waals surface area contributed by atoms with Crippen LogP contribution in [0, 0.1) is 27.7 Å². The average molecular weight is 323 g/mol. The zero-order valence-corrected chi connectivity index (χ0v) is 14.6. The van der Waals surface area contributed by atoms with Gasteiger partial charge in [-0.25, -0.2) is 0 Å². The molecule has 0 saturated heterocycles. The third-order valence-corrected chi connectivity index (χ3v) is 4.44. The summed E-state index contributed by atoms with van der Waals surface area (Å²) < 4.78 is 0. The Kier molecular flexibility index (Phi) is 4.18. The van der Waals surface area contributed by atoms with E-state index in [1.54, 1.807) is 0 Å². The van der Waals surface area contributed by atoms with Crippen molar-refractivity contribution in [3.63, 3.8) is 0 Å². The number of aryl methyl sites for hydroxylation is 4. The molecule has 0 radical (unpaired) electrons. The first kappa shape index (κ1) is 15.7. The maximum atomic E-state index is 6.75. The van der Waals surface area contributed by atoms with Gasteiger partial charge >= 0.3 is 0 Å². The zero-order chi connectivity index (χ0) is 16.6. The van der Waals surface area contributed by atoms with Gasteiger partial charge in [-0.15, -0.1) is 0 Å². The van der Waals surface area contributed by atoms with Crippen LogP contribution in [0.3, 0.4) is 0 Å². The van der Waals surface area contributed by atoms with E-state index in [2.05, 4.69) is 22.1 Å². The Hall–Kier alpha value is -2.19. The maximum absolute atomic E-state index is 6.75. The molecular formula is C20H19ClN2. The fraction of sp³-hybridized carbons (Fsp3) is 0.200. The predicted molar refractivity (Wildman–Crippen MR) is 96.9 cm³/mol. The molecule has 0 unspecified atom stereocenters. The molecule has 0 spiro atoms. The highest BCUT2D eigenvalue weighted by molar-refractivity contribution is 6.36. The van der Waals surface area contributed by atoms with Crippen molar-refractivity contribution >= 4 is 11.6 Å². The minimum atomic E-state index is 0.745. The first-order valence-corrected chi connectivity index (χ1v) is 8.03. The van der Waals surface area contributed by atoms with Crippen LogP contribution < -0.4 is 0 Å². The van der Waals surface area contributed by atoms with E-state index in [1.807, 2.05) is 58.0 Å². The molecule has 0 fully saturated rings. The molecule has 3 aromatic rings. The second-order valence-corrected chi connectivity index (χ2v) is 6.22. The van der Waals surface area contributed by atoms with Crippen LogP contribution in [0.5, 0.6) is 0 Å². The zero-order valence-electron chi connectivity index (χ0n) is 13.8. The average Bonchev–Trinajstić information content (AvgIpc) is 2.49. The molecule has 2 heterocycles. The molecule has 3 rings (SSSR count). The summed E-state index contributed by atoms with van der Waals surface area (Å²) in [6.45, 7) is 8.03. The summed E-state index contributed by atoms with van der Waals surface area (Å²) >= 11 is 6.75. The van der Waals surface area contributed by atoms with Gasteiger partial charge in [-0.2, -0.15) is 0 Å². The number of benzene rings is 1. The molecule has 2 aromatic heterocycles. The Labute approximate surface area is 142 Å². The van der Waals surface area contributed by atoms with Crippen LogP contribution in [0.1, 0.15) is 22.8 Å². The Morgan fingerprint density at radius 3 is 1.43 bits per heavy atom. The Morgan fingerprint density at radius 1 is 0.609 bits per heavy atom. The monoisotopic (exact) mass is 322 g/mol. The van der Waals surface area contributed by atoms with Crippen molar-refractivity contribution in [2.24, 2.45) is 0 Å². The fourth-order valence-corrected chi connectivity index (χ4v) is 3.22. The maximum Gasteiger partial charge on any atom is 0.0564 e. The van der Waals surface area contributed by atoms with E-state index >= 15 is 0 Å². The molecule has 1 aromatic carbocycles. The molecule has 0 saturated carbocycles. The van der Waals surface area contributed by atoms with Crippen LogP contribution in [-0.2, 0) is 0 Å². The number of rotatable bonds is 2. The second kappa shape index (κ2) is 6.13. The van der Waals surface area contributed by atoms with Crippen LogP contribution in [0.2, 0.25) is 5.02 Å². The van der Waals surface area contributed by atoms with E-state index in [-0.39, 0.29) is 0 Å². The summed E-state index contributed by atoms with van der Waals surface area (Å²) in [4.78, 5) is 9.10. The van der Waals surface area contributed by atoms with E-state index in [9.17, 15) is 0 Å². The SMILES string of the molecule is Cc1ccc(-c2cccc(-c3ccc(C)nc3C)c2Cl)c(C)n1. The third-order valence-electron chi connectivity index (χ3n) is 4.03. The quantitative estimate of drug-likeness (QED) is 0.605. The molecule has 116 valence electrons. The molecule has 3 heteroatoms.